The van der Waals surface area contributed by atoms with E-state index in [2.05, 4.69) is 10.1 Å². The van der Waals surface area contributed by atoms with E-state index in [1.54, 1.807) is 24.3 Å². The highest BCUT2D eigenvalue weighted by Gasteiger charge is 2.22. The molecule has 2 aromatic rings. The van der Waals surface area contributed by atoms with Gasteiger partial charge in [0.05, 0.1) is 0 Å². The van der Waals surface area contributed by atoms with Crippen molar-refractivity contribution in [3.63, 3.8) is 0 Å². The van der Waals surface area contributed by atoms with Gasteiger partial charge >= 0.3 is 7.12 Å². The normalized spacial score (nSPS) is 11.6. The van der Waals surface area contributed by atoms with Crippen molar-refractivity contribution < 1.29 is 14.6 Å². The number of hydrogen-bond donors (Lipinski definition) is 2. The van der Waals surface area contributed by atoms with E-state index in [9.17, 15) is 0 Å². The highest BCUT2D eigenvalue weighted by molar-refractivity contribution is 6.58. The number of aromatic nitrogens is 2. The molecule has 0 saturated heterocycles. The summed E-state index contributed by atoms with van der Waals surface area (Å²) in [4.78, 5) is 4.32. The molecule has 0 atom stereocenters. The van der Waals surface area contributed by atoms with E-state index in [0.717, 1.165) is 5.56 Å². The molecule has 0 spiro atoms. The van der Waals surface area contributed by atoms with Crippen LogP contribution in [0.25, 0.3) is 11.4 Å². The minimum atomic E-state index is -1.46. The van der Waals surface area contributed by atoms with Crippen LogP contribution in [0.2, 0.25) is 0 Å². The lowest BCUT2D eigenvalue weighted by Gasteiger charge is -2.10. The minimum Gasteiger partial charge on any atom is -0.423 e. The molecule has 6 heteroatoms. The molecule has 0 bridgehead atoms. The lowest BCUT2D eigenvalue weighted by Crippen LogP contribution is -2.29. The molecule has 0 aliphatic rings. The Kier molecular flexibility index (Phi) is 3.23. The van der Waals surface area contributed by atoms with Crippen molar-refractivity contribution >= 4 is 12.6 Å². The molecule has 0 saturated carbocycles. The first-order chi connectivity index (χ1) is 8.38. The number of nitrogens with zero attached hydrogens (tertiary/aromatic N) is 2. The van der Waals surface area contributed by atoms with Gasteiger partial charge in [0.15, 0.2) is 0 Å². The van der Waals surface area contributed by atoms with E-state index >= 15 is 0 Å². The zero-order valence-corrected chi connectivity index (χ0v) is 10.6. The fraction of sp³-hybridized carbons (Fsp3) is 0.333. The van der Waals surface area contributed by atoms with Gasteiger partial charge < -0.3 is 14.6 Å². The second-order valence-corrected chi connectivity index (χ2v) is 5.17. The van der Waals surface area contributed by atoms with Gasteiger partial charge in [0.2, 0.25) is 11.7 Å². The molecule has 0 amide bonds. The smallest absolute Gasteiger partial charge is 0.423 e. The topological polar surface area (TPSA) is 79.4 Å². The molecule has 0 radical (unpaired) electrons. The van der Waals surface area contributed by atoms with Crippen LogP contribution in [0.3, 0.4) is 0 Å². The van der Waals surface area contributed by atoms with Gasteiger partial charge in [0.1, 0.15) is 0 Å². The largest absolute Gasteiger partial charge is 0.488 e. The maximum Gasteiger partial charge on any atom is 0.488 e. The summed E-state index contributed by atoms with van der Waals surface area (Å²) < 4.78 is 5.20. The quantitative estimate of drug-likeness (QED) is 0.763. The van der Waals surface area contributed by atoms with Gasteiger partial charge in [-0.2, -0.15) is 4.98 Å². The Hall–Kier alpha value is -1.66. The van der Waals surface area contributed by atoms with E-state index in [1.807, 2.05) is 20.8 Å². The highest BCUT2D eigenvalue weighted by Crippen LogP contribution is 2.23. The van der Waals surface area contributed by atoms with E-state index in [-0.39, 0.29) is 5.41 Å². The third kappa shape index (κ3) is 2.60. The van der Waals surface area contributed by atoms with Gasteiger partial charge in [-0.3, -0.25) is 0 Å². The van der Waals surface area contributed by atoms with Crippen molar-refractivity contribution in [2.75, 3.05) is 0 Å². The standard InChI is InChI=1S/C12H15BN2O3/c1-12(2,3)11-14-10(15-18-11)8-4-6-9(7-5-8)13(16)17/h4-7,16-17H,1-3H3. The average Bonchev–Trinajstić information content (AvgIpc) is 2.78. The fourth-order valence-corrected chi connectivity index (χ4v) is 1.45. The first-order valence-electron chi connectivity index (χ1n) is 5.68. The third-order valence-corrected chi connectivity index (χ3v) is 2.53. The molecule has 0 aliphatic carbocycles. The number of hydrogen-bond acceptors (Lipinski definition) is 5. The van der Waals surface area contributed by atoms with Crippen LogP contribution in [0.4, 0.5) is 0 Å². The van der Waals surface area contributed by atoms with Crippen LogP contribution in [0.5, 0.6) is 0 Å². The minimum absolute atomic E-state index is 0.188. The molecule has 2 N–H and O–H groups in total. The predicted molar refractivity (Wildman–Crippen MR) is 68.3 cm³/mol. The maximum absolute atomic E-state index is 9.00. The third-order valence-electron chi connectivity index (χ3n) is 2.53. The predicted octanol–water partition coefficient (Wildman–Crippen LogP) is 0.714. The molecule has 1 heterocycles. The van der Waals surface area contributed by atoms with E-state index in [4.69, 9.17) is 14.6 Å². The Morgan fingerprint density at radius 3 is 2.17 bits per heavy atom. The van der Waals surface area contributed by atoms with Crippen molar-refractivity contribution in [2.45, 2.75) is 26.2 Å². The summed E-state index contributed by atoms with van der Waals surface area (Å²) in [5.41, 5.74) is 1.02. The van der Waals surface area contributed by atoms with Crippen molar-refractivity contribution in [3.05, 3.63) is 30.2 Å². The Morgan fingerprint density at radius 1 is 1.11 bits per heavy atom. The lowest BCUT2D eigenvalue weighted by molar-refractivity contribution is 0.321. The Bertz CT molecular complexity index is 529. The molecule has 5 nitrogen and oxygen atoms in total. The van der Waals surface area contributed by atoms with Crippen LogP contribution < -0.4 is 5.46 Å². The SMILES string of the molecule is CC(C)(C)c1nc(-c2ccc(B(O)O)cc2)no1. The molecular formula is C12H15BN2O3. The summed E-state index contributed by atoms with van der Waals surface area (Å²) in [6, 6.07) is 6.69. The summed E-state index contributed by atoms with van der Waals surface area (Å²) in [6.07, 6.45) is 0. The van der Waals surface area contributed by atoms with Crippen LogP contribution in [0.15, 0.2) is 28.8 Å². The second kappa shape index (κ2) is 4.55. The first kappa shape index (κ1) is 12.8. The van der Waals surface area contributed by atoms with Crippen molar-refractivity contribution in [2.24, 2.45) is 0 Å². The van der Waals surface area contributed by atoms with Crippen molar-refractivity contribution in [3.8, 4) is 11.4 Å². The van der Waals surface area contributed by atoms with E-state index in [1.165, 1.54) is 0 Å². The number of benzene rings is 1. The van der Waals surface area contributed by atoms with Gasteiger partial charge in [-0.25, -0.2) is 0 Å². The highest BCUT2D eigenvalue weighted by atomic mass is 16.5. The molecule has 0 aliphatic heterocycles. The molecule has 94 valence electrons. The Labute approximate surface area is 106 Å². The second-order valence-electron chi connectivity index (χ2n) is 5.17. The van der Waals surface area contributed by atoms with Crippen molar-refractivity contribution in [1.29, 1.82) is 0 Å². The van der Waals surface area contributed by atoms with Crippen LogP contribution in [0.1, 0.15) is 26.7 Å². The van der Waals surface area contributed by atoms with Gasteiger partial charge in [-0.1, -0.05) is 50.2 Å². The van der Waals surface area contributed by atoms with Gasteiger partial charge in [-0.05, 0) is 5.46 Å². The van der Waals surface area contributed by atoms with Crippen LogP contribution >= 0.6 is 0 Å². The molecule has 2 rings (SSSR count). The van der Waals surface area contributed by atoms with E-state index in [0.29, 0.717) is 17.2 Å². The summed E-state index contributed by atoms with van der Waals surface area (Å²) in [7, 11) is -1.46. The van der Waals surface area contributed by atoms with Crippen LogP contribution in [-0.4, -0.2) is 27.3 Å². The van der Waals surface area contributed by atoms with Crippen LogP contribution in [0, 0.1) is 0 Å². The summed E-state index contributed by atoms with van der Waals surface area (Å²) in [5.74, 6) is 1.07. The van der Waals surface area contributed by atoms with E-state index < -0.39 is 7.12 Å². The summed E-state index contributed by atoms with van der Waals surface area (Å²) in [5, 5.41) is 21.9. The Morgan fingerprint density at radius 2 is 1.72 bits per heavy atom. The molecule has 18 heavy (non-hydrogen) atoms. The lowest BCUT2D eigenvalue weighted by atomic mass is 9.80. The molecule has 0 unspecified atom stereocenters. The first-order valence-corrected chi connectivity index (χ1v) is 5.68. The number of rotatable bonds is 2. The van der Waals surface area contributed by atoms with Crippen LogP contribution in [-0.2, 0) is 5.41 Å². The Balaban J connectivity index is 2.29. The molecule has 1 aromatic carbocycles. The monoisotopic (exact) mass is 246 g/mol. The average molecular weight is 246 g/mol. The summed E-state index contributed by atoms with van der Waals surface area (Å²) >= 11 is 0. The molecular weight excluding hydrogens is 231 g/mol. The van der Waals surface area contributed by atoms with Gasteiger partial charge in [-0.15, -0.1) is 0 Å². The van der Waals surface area contributed by atoms with Gasteiger partial charge in [0, 0.05) is 11.0 Å². The fourth-order valence-electron chi connectivity index (χ4n) is 1.45. The molecule has 1 aromatic heterocycles. The maximum atomic E-state index is 9.00. The zero-order valence-electron chi connectivity index (χ0n) is 10.6. The summed E-state index contributed by atoms with van der Waals surface area (Å²) in [6.45, 7) is 5.99. The zero-order chi connectivity index (χ0) is 13.3. The molecule has 0 fully saturated rings. The van der Waals surface area contributed by atoms with Crippen molar-refractivity contribution in [1.82, 2.24) is 10.1 Å². The van der Waals surface area contributed by atoms with Gasteiger partial charge in [0.25, 0.3) is 0 Å².